The Morgan fingerprint density at radius 2 is 1.30 bits per heavy atom. The number of piperidine rings is 2. The smallest absolute Gasteiger partial charge is 0.433 e. The summed E-state index contributed by atoms with van der Waals surface area (Å²) < 4.78 is 92.4. The first-order valence-corrected chi connectivity index (χ1v) is 26.2. The Balaban J connectivity index is 0.000000191. The molecule has 5 aromatic rings. The molecule has 5 atom stereocenters. The Labute approximate surface area is 383 Å². The highest BCUT2D eigenvalue weighted by Gasteiger charge is 2.47. The topological polar surface area (TPSA) is 164 Å². The Morgan fingerprint density at radius 1 is 0.791 bits per heavy atom. The van der Waals surface area contributed by atoms with Gasteiger partial charge in [0.25, 0.3) is 5.91 Å². The van der Waals surface area contributed by atoms with Crippen LogP contribution in [0.15, 0.2) is 49.1 Å². The zero-order valence-electron chi connectivity index (χ0n) is 37.6. The lowest BCUT2D eigenvalue weighted by Gasteiger charge is -2.21. The fourth-order valence-electron chi connectivity index (χ4n) is 9.35. The third-order valence-electron chi connectivity index (χ3n) is 13.4. The van der Waals surface area contributed by atoms with Crippen LogP contribution in [0.2, 0.25) is 25.7 Å². The number of rotatable bonds is 14. The molecule has 5 aromatic heterocycles. The Hall–Kier alpha value is -5.77. The van der Waals surface area contributed by atoms with E-state index >= 15 is 0 Å². The van der Waals surface area contributed by atoms with E-state index in [0.29, 0.717) is 48.6 Å². The Kier molecular flexibility index (Phi) is 12.2. The van der Waals surface area contributed by atoms with E-state index < -0.39 is 37.8 Å². The quantitative estimate of drug-likeness (QED) is 0.0766. The maximum atomic E-state index is 14.0. The molecule has 1 amide bonds. The van der Waals surface area contributed by atoms with E-state index in [-0.39, 0.29) is 47.3 Å². The van der Waals surface area contributed by atoms with Gasteiger partial charge in [0.1, 0.15) is 18.4 Å². The van der Waals surface area contributed by atoms with Crippen molar-refractivity contribution < 1.29 is 45.8 Å². The molecule has 22 heteroatoms. The molecular weight excluding hydrogens is 901 g/mol. The van der Waals surface area contributed by atoms with Crippen molar-refractivity contribution in [2.24, 2.45) is 23.7 Å². The number of nitrogens with zero attached hydrogens (tertiary/aromatic N) is 10. The summed E-state index contributed by atoms with van der Waals surface area (Å²) in [6, 6.07) is 6.93. The van der Waals surface area contributed by atoms with E-state index in [1.54, 1.807) is 12.1 Å². The second kappa shape index (κ2) is 17.7. The molecule has 358 valence electrons. The summed E-state index contributed by atoms with van der Waals surface area (Å²) in [6.07, 6.45) is -0.297. The van der Waals surface area contributed by atoms with Gasteiger partial charge >= 0.3 is 12.4 Å². The van der Waals surface area contributed by atoms with Crippen LogP contribution in [0.25, 0.3) is 0 Å². The summed E-state index contributed by atoms with van der Waals surface area (Å²) in [7, 11) is -1.18. The van der Waals surface area contributed by atoms with Crippen molar-refractivity contribution in [2.75, 3.05) is 42.6 Å². The van der Waals surface area contributed by atoms with Gasteiger partial charge in [-0.1, -0.05) is 31.8 Å². The maximum Gasteiger partial charge on any atom is 0.433 e. The van der Waals surface area contributed by atoms with E-state index in [0.717, 1.165) is 91.9 Å². The van der Waals surface area contributed by atoms with E-state index in [1.165, 1.54) is 29.2 Å². The summed E-state index contributed by atoms with van der Waals surface area (Å²) in [4.78, 5) is 35.5. The number of nitrogens with one attached hydrogen (secondary N) is 1. The standard InChI is InChI=1S/C29H38F3N7O2Si.C16H15F3N4O2/c1-18-23-6-7-24(26(23)36-39(18)17-41-9-10-42(2,3)4)34-28(40)22-12-33-38(16-22)15-19-5-8-25(35-27(19)29(30,31)32)37-13-20-11-21(20)14-37;17-16(18,19)14-9(7-23-8-12(4-20-23)15(24)25)1-2-13(21-14)22-5-10-3-11(10)6-22/h5,8,12,16,20-21,24H,6-7,9-11,13-15,17H2,1-4H3,(H,34,40);1-2,4,8,10-11H,3,5-7H2,(H,24,25)/p-1/t20?,21?,24-;/m1./s1. The molecule has 2 aliphatic heterocycles. The second-order valence-corrected chi connectivity index (χ2v) is 25.3. The predicted octanol–water partition coefficient (Wildman–Crippen LogP) is 6.20. The van der Waals surface area contributed by atoms with Gasteiger partial charge < -0.3 is 29.8 Å². The summed E-state index contributed by atoms with van der Waals surface area (Å²) in [5, 5.41) is 26.5. The fourth-order valence-corrected chi connectivity index (χ4v) is 10.1. The van der Waals surface area contributed by atoms with E-state index in [1.807, 2.05) is 21.4 Å². The van der Waals surface area contributed by atoms with Gasteiger partial charge in [-0.15, -0.1) is 0 Å². The van der Waals surface area contributed by atoms with Crippen molar-refractivity contribution in [1.29, 1.82) is 0 Å². The first-order valence-electron chi connectivity index (χ1n) is 22.5. The number of carbonyl (C=O) groups excluding carboxylic acids is 2. The summed E-state index contributed by atoms with van der Waals surface area (Å²) >= 11 is 0. The normalized spacial score (nSPS) is 21.7. The van der Waals surface area contributed by atoms with Crippen LogP contribution in [-0.2, 0) is 43.3 Å². The summed E-state index contributed by atoms with van der Waals surface area (Å²) in [5.74, 6) is 1.28. The minimum atomic E-state index is -4.60. The van der Waals surface area contributed by atoms with Crippen molar-refractivity contribution in [3.05, 3.63) is 99.6 Å². The lowest BCUT2D eigenvalue weighted by molar-refractivity contribution is -0.255. The molecule has 2 saturated carbocycles. The van der Waals surface area contributed by atoms with Gasteiger partial charge in [-0.05, 0) is 80.0 Å². The van der Waals surface area contributed by atoms with Crippen molar-refractivity contribution in [1.82, 2.24) is 44.6 Å². The predicted molar refractivity (Wildman–Crippen MR) is 233 cm³/mol. The number of carboxylic acid groups (broad SMARTS) is 1. The van der Waals surface area contributed by atoms with E-state index in [4.69, 9.17) is 9.84 Å². The number of carboxylic acids is 1. The largest absolute Gasteiger partial charge is 0.545 e. The number of amides is 1. The molecule has 0 radical (unpaired) electrons. The Bertz CT molecular complexity index is 2640. The number of hydrogen-bond donors (Lipinski definition) is 1. The Morgan fingerprint density at radius 3 is 1.78 bits per heavy atom. The van der Waals surface area contributed by atoms with Crippen molar-refractivity contribution >= 4 is 31.6 Å². The molecule has 4 unspecified atom stereocenters. The minimum absolute atomic E-state index is 0.0131. The fraction of sp³-hybridized carbons (Fsp3) is 0.533. The third kappa shape index (κ3) is 10.5. The van der Waals surface area contributed by atoms with Crippen molar-refractivity contribution in [3.63, 3.8) is 0 Å². The summed E-state index contributed by atoms with van der Waals surface area (Å²) in [6.45, 7) is 12.7. The molecule has 7 heterocycles. The van der Waals surface area contributed by atoms with Crippen LogP contribution in [0.4, 0.5) is 38.0 Å². The van der Waals surface area contributed by atoms with Gasteiger partial charge in [-0.2, -0.15) is 41.6 Å². The lowest BCUT2D eigenvalue weighted by Crippen LogP contribution is -2.27. The number of fused-ring (bicyclic) bond motifs is 3. The highest BCUT2D eigenvalue weighted by atomic mass is 28.3. The van der Waals surface area contributed by atoms with Gasteiger partial charge in [-0.25, -0.2) is 14.6 Å². The molecule has 5 aliphatic rings. The lowest BCUT2D eigenvalue weighted by atomic mass is 10.1. The number of pyridine rings is 2. The molecule has 0 aromatic carbocycles. The zero-order valence-corrected chi connectivity index (χ0v) is 38.6. The first kappa shape index (κ1) is 46.3. The number of aromatic nitrogens is 8. The van der Waals surface area contributed by atoms with Gasteiger partial charge in [0.05, 0.1) is 48.8 Å². The number of ether oxygens (including phenoxy) is 1. The van der Waals surface area contributed by atoms with Gasteiger partial charge in [0.2, 0.25) is 0 Å². The van der Waals surface area contributed by atoms with Gasteiger partial charge in [0.15, 0.2) is 11.4 Å². The molecule has 0 bridgehead atoms. The number of aromatic carboxylic acids is 1. The molecule has 10 rings (SSSR count). The van der Waals surface area contributed by atoms with Gasteiger partial charge in [0, 0.05) is 75.6 Å². The highest BCUT2D eigenvalue weighted by molar-refractivity contribution is 6.76. The molecule has 1 N–H and O–H groups in total. The molecular formula is C45H52F6N11O4Si-. The first-order chi connectivity index (χ1) is 31.7. The SMILES string of the molecule is Cc1c2c(nn1COCC[Si](C)(C)C)[C@H](NC(=O)c1cnn(Cc3ccc(N4CC5CC5C4)nc3C(F)(F)F)c1)CC2.O=C([O-])c1cnn(Cc2ccc(N3CC4CC4C3)nc2C(F)(F)F)c1. The molecule has 0 spiro atoms. The number of alkyl halides is 6. The van der Waals surface area contributed by atoms with Gasteiger partial charge in [-0.3, -0.25) is 14.2 Å². The van der Waals surface area contributed by atoms with E-state index in [2.05, 4.69) is 45.1 Å². The van der Waals surface area contributed by atoms with E-state index in [9.17, 15) is 41.0 Å². The molecule has 4 fully saturated rings. The molecule has 3 aliphatic carbocycles. The zero-order chi connectivity index (χ0) is 47.6. The molecule has 67 heavy (non-hydrogen) atoms. The van der Waals surface area contributed by atoms with Crippen LogP contribution in [0, 0.1) is 30.6 Å². The average molecular weight is 953 g/mol. The van der Waals surface area contributed by atoms with Crippen LogP contribution in [0.3, 0.4) is 0 Å². The molecule has 15 nitrogen and oxygen atoms in total. The van der Waals surface area contributed by atoms with Crippen LogP contribution >= 0.6 is 0 Å². The monoisotopic (exact) mass is 952 g/mol. The van der Waals surface area contributed by atoms with Crippen LogP contribution < -0.4 is 20.2 Å². The van der Waals surface area contributed by atoms with Crippen molar-refractivity contribution in [2.45, 2.75) is 96.5 Å². The third-order valence-corrected chi connectivity index (χ3v) is 15.1. The molecule has 2 saturated heterocycles. The van der Waals surface area contributed by atoms with Crippen molar-refractivity contribution in [3.8, 4) is 0 Å². The van der Waals surface area contributed by atoms with Crippen LogP contribution in [-0.4, -0.2) is 92.0 Å². The average Bonchev–Trinajstić information content (AvgIpc) is 3.70. The number of halogens is 6. The number of carbonyl (C=O) groups is 2. The second-order valence-electron chi connectivity index (χ2n) is 19.7. The summed E-state index contributed by atoms with van der Waals surface area (Å²) in [5.41, 5.74) is 1.20. The highest BCUT2D eigenvalue weighted by Crippen LogP contribution is 2.47. The number of anilines is 2. The van der Waals surface area contributed by atoms with Crippen LogP contribution in [0.1, 0.15) is 85.5 Å². The van der Waals surface area contributed by atoms with Crippen LogP contribution in [0.5, 0.6) is 0 Å². The minimum Gasteiger partial charge on any atom is -0.545 e. The maximum absolute atomic E-state index is 14.0. The number of hydrogen-bond acceptors (Lipinski definition) is 11.